The summed E-state index contributed by atoms with van der Waals surface area (Å²) in [6, 6.07) is 9.74. The second-order valence-corrected chi connectivity index (χ2v) is 6.00. The highest BCUT2D eigenvalue weighted by atomic mass is 16.5. The minimum Gasteiger partial charge on any atom is -0.383 e. The Balaban J connectivity index is 2.80. The molecule has 3 nitrogen and oxygen atoms in total. The van der Waals surface area contributed by atoms with Gasteiger partial charge < -0.3 is 10.1 Å². The summed E-state index contributed by atoms with van der Waals surface area (Å²) in [6.45, 7) is 12.7. The van der Waals surface area contributed by atoms with Crippen molar-refractivity contribution in [2.45, 2.75) is 46.2 Å². The van der Waals surface area contributed by atoms with Gasteiger partial charge in [0.25, 0.3) is 0 Å². The van der Waals surface area contributed by atoms with E-state index in [1.165, 1.54) is 11.1 Å². The van der Waals surface area contributed by atoms with Crippen LogP contribution < -0.4 is 5.32 Å². The number of ether oxygens (including phenoxy) is 1. The van der Waals surface area contributed by atoms with Crippen LogP contribution in [0.1, 0.15) is 44.4 Å². The van der Waals surface area contributed by atoms with E-state index >= 15 is 0 Å². The van der Waals surface area contributed by atoms with Crippen molar-refractivity contribution < 1.29 is 4.74 Å². The quantitative estimate of drug-likeness (QED) is 0.715. The van der Waals surface area contributed by atoms with E-state index in [-0.39, 0.29) is 0 Å². The van der Waals surface area contributed by atoms with E-state index in [0.717, 1.165) is 32.7 Å². The van der Waals surface area contributed by atoms with Crippen LogP contribution in [0.5, 0.6) is 0 Å². The van der Waals surface area contributed by atoms with Crippen molar-refractivity contribution in [1.82, 2.24) is 10.2 Å². The minimum absolute atomic E-state index is 0.379. The standard InChI is InChI=1S/C18H32N2O/c1-6-10-19-18(17-9-7-8-16(4)13-17)14-20(15(2)3)11-12-21-5/h7-9,13,15,18-19H,6,10-12,14H2,1-5H3. The topological polar surface area (TPSA) is 24.5 Å². The van der Waals surface area contributed by atoms with Gasteiger partial charge >= 0.3 is 0 Å². The lowest BCUT2D eigenvalue weighted by molar-refractivity contribution is 0.121. The van der Waals surface area contributed by atoms with Crippen LogP contribution in [0.4, 0.5) is 0 Å². The molecule has 120 valence electrons. The zero-order valence-corrected chi connectivity index (χ0v) is 14.4. The van der Waals surface area contributed by atoms with E-state index in [2.05, 4.69) is 62.2 Å². The first-order chi connectivity index (χ1) is 10.1. The monoisotopic (exact) mass is 292 g/mol. The first kappa shape index (κ1) is 18.1. The fraction of sp³-hybridized carbons (Fsp3) is 0.667. The molecule has 1 atom stereocenters. The van der Waals surface area contributed by atoms with Crippen LogP contribution in [0, 0.1) is 6.92 Å². The fourth-order valence-corrected chi connectivity index (χ4v) is 2.50. The van der Waals surface area contributed by atoms with Crippen molar-refractivity contribution in [2.24, 2.45) is 0 Å². The van der Waals surface area contributed by atoms with Crippen LogP contribution in [0.15, 0.2) is 24.3 Å². The highest BCUT2D eigenvalue weighted by Gasteiger charge is 2.17. The minimum atomic E-state index is 0.379. The van der Waals surface area contributed by atoms with Crippen molar-refractivity contribution in [3.63, 3.8) is 0 Å². The number of aryl methyl sites for hydroxylation is 1. The second kappa shape index (κ2) is 9.93. The largest absolute Gasteiger partial charge is 0.383 e. The molecule has 0 spiro atoms. The second-order valence-electron chi connectivity index (χ2n) is 6.00. The average molecular weight is 292 g/mol. The van der Waals surface area contributed by atoms with E-state index in [4.69, 9.17) is 4.74 Å². The van der Waals surface area contributed by atoms with Gasteiger partial charge in [0.1, 0.15) is 0 Å². The molecule has 0 aliphatic rings. The molecule has 0 saturated carbocycles. The maximum Gasteiger partial charge on any atom is 0.0589 e. The third-order valence-corrected chi connectivity index (χ3v) is 3.82. The van der Waals surface area contributed by atoms with Crippen molar-refractivity contribution in [3.8, 4) is 0 Å². The van der Waals surface area contributed by atoms with Crippen LogP contribution in [0.25, 0.3) is 0 Å². The normalized spacial score (nSPS) is 13.1. The molecule has 0 radical (unpaired) electrons. The number of nitrogens with zero attached hydrogens (tertiary/aromatic N) is 1. The summed E-state index contributed by atoms with van der Waals surface area (Å²) in [7, 11) is 1.77. The maximum absolute atomic E-state index is 5.25. The van der Waals surface area contributed by atoms with E-state index in [9.17, 15) is 0 Å². The molecule has 1 unspecified atom stereocenters. The van der Waals surface area contributed by atoms with Gasteiger partial charge in [-0.05, 0) is 39.3 Å². The van der Waals surface area contributed by atoms with Crippen LogP contribution in [0.2, 0.25) is 0 Å². The lowest BCUT2D eigenvalue weighted by atomic mass is 10.0. The van der Waals surface area contributed by atoms with Gasteiger partial charge in [0, 0.05) is 32.3 Å². The number of methoxy groups -OCH3 is 1. The number of benzene rings is 1. The Morgan fingerprint density at radius 3 is 2.62 bits per heavy atom. The Bertz CT molecular complexity index is 393. The summed E-state index contributed by atoms with van der Waals surface area (Å²) in [5, 5.41) is 3.69. The molecule has 0 heterocycles. The third-order valence-electron chi connectivity index (χ3n) is 3.82. The van der Waals surface area contributed by atoms with Crippen LogP contribution >= 0.6 is 0 Å². The van der Waals surface area contributed by atoms with Crippen LogP contribution in [0.3, 0.4) is 0 Å². The maximum atomic E-state index is 5.25. The molecule has 3 heteroatoms. The van der Waals surface area contributed by atoms with Crippen molar-refractivity contribution in [2.75, 3.05) is 33.4 Å². The Kier molecular flexibility index (Phi) is 8.58. The number of hydrogen-bond acceptors (Lipinski definition) is 3. The van der Waals surface area contributed by atoms with Gasteiger partial charge in [-0.2, -0.15) is 0 Å². The van der Waals surface area contributed by atoms with E-state index in [1.54, 1.807) is 7.11 Å². The predicted molar refractivity (Wildman–Crippen MR) is 90.8 cm³/mol. The molecule has 1 aromatic carbocycles. The predicted octanol–water partition coefficient (Wildman–Crippen LogP) is 3.39. The summed E-state index contributed by atoms with van der Waals surface area (Å²) in [4.78, 5) is 2.49. The van der Waals surface area contributed by atoms with Gasteiger partial charge in [-0.1, -0.05) is 36.8 Å². The van der Waals surface area contributed by atoms with Gasteiger partial charge in [-0.25, -0.2) is 0 Å². The summed E-state index contributed by atoms with van der Waals surface area (Å²) in [5.74, 6) is 0. The Hall–Kier alpha value is -0.900. The van der Waals surface area contributed by atoms with E-state index in [1.807, 2.05) is 0 Å². The first-order valence-corrected chi connectivity index (χ1v) is 8.11. The zero-order chi connectivity index (χ0) is 15.7. The molecule has 0 aromatic heterocycles. The van der Waals surface area contributed by atoms with Gasteiger partial charge in [0.2, 0.25) is 0 Å². The Morgan fingerprint density at radius 2 is 2.05 bits per heavy atom. The van der Waals surface area contributed by atoms with Crippen LogP contribution in [-0.2, 0) is 4.74 Å². The van der Waals surface area contributed by atoms with Gasteiger partial charge in [-0.3, -0.25) is 4.90 Å². The van der Waals surface area contributed by atoms with E-state index in [0.29, 0.717) is 12.1 Å². The molecule has 0 fully saturated rings. The molecule has 1 N–H and O–H groups in total. The van der Waals surface area contributed by atoms with Gasteiger partial charge in [0.05, 0.1) is 6.61 Å². The molecule has 0 amide bonds. The van der Waals surface area contributed by atoms with Crippen molar-refractivity contribution in [1.29, 1.82) is 0 Å². The average Bonchev–Trinajstić information content (AvgIpc) is 2.46. The number of nitrogens with one attached hydrogen (secondary N) is 1. The molecule has 1 rings (SSSR count). The van der Waals surface area contributed by atoms with Crippen LogP contribution in [-0.4, -0.2) is 44.3 Å². The molecular formula is C18H32N2O. The van der Waals surface area contributed by atoms with Gasteiger partial charge in [-0.15, -0.1) is 0 Å². The van der Waals surface area contributed by atoms with E-state index < -0.39 is 0 Å². The van der Waals surface area contributed by atoms with Crippen molar-refractivity contribution in [3.05, 3.63) is 35.4 Å². The molecular weight excluding hydrogens is 260 g/mol. The fourth-order valence-electron chi connectivity index (χ4n) is 2.50. The molecule has 0 aliphatic heterocycles. The summed E-state index contributed by atoms with van der Waals surface area (Å²) in [5.41, 5.74) is 2.70. The molecule has 0 bridgehead atoms. The summed E-state index contributed by atoms with van der Waals surface area (Å²) in [6.07, 6.45) is 1.15. The molecule has 1 aromatic rings. The molecule has 21 heavy (non-hydrogen) atoms. The summed E-state index contributed by atoms with van der Waals surface area (Å²) >= 11 is 0. The first-order valence-electron chi connectivity index (χ1n) is 8.11. The van der Waals surface area contributed by atoms with Crippen molar-refractivity contribution >= 4 is 0 Å². The van der Waals surface area contributed by atoms with Gasteiger partial charge in [0.15, 0.2) is 0 Å². The summed E-state index contributed by atoms with van der Waals surface area (Å²) < 4.78 is 5.25. The number of rotatable bonds is 10. The SMILES string of the molecule is CCCNC(CN(CCOC)C(C)C)c1cccc(C)c1. The lowest BCUT2D eigenvalue weighted by Crippen LogP contribution is -2.41. The smallest absolute Gasteiger partial charge is 0.0589 e. The number of hydrogen-bond donors (Lipinski definition) is 1. The molecule has 0 saturated heterocycles. The highest BCUT2D eigenvalue weighted by molar-refractivity contribution is 5.25. The lowest BCUT2D eigenvalue weighted by Gasteiger charge is -2.31. The zero-order valence-electron chi connectivity index (χ0n) is 14.4. The Labute approximate surface area is 130 Å². The third kappa shape index (κ3) is 6.60. The molecule has 0 aliphatic carbocycles. The Morgan fingerprint density at radius 1 is 1.29 bits per heavy atom. The highest BCUT2D eigenvalue weighted by Crippen LogP contribution is 2.17.